The van der Waals surface area contributed by atoms with Crippen molar-refractivity contribution in [2.45, 2.75) is 0 Å². The second kappa shape index (κ2) is 2.12. The van der Waals surface area contributed by atoms with Gasteiger partial charge in [0.25, 0.3) is 0 Å². The lowest BCUT2D eigenvalue weighted by Crippen LogP contribution is -1.94. The molecule has 0 saturated heterocycles. The molecule has 0 fully saturated rings. The van der Waals surface area contributed by atoms with E-state index in [-0.39, 0.29) is 0 Å². The van der Waals surface area contributed by atoms with Crippen LogP contribution in [0.25, 0.3) is 11.2 Å². The number of nitrogen functional groups attached to an aromatic ring is 1. The van der Waals surface area contributed by atoms with Crippen LogP contribution < -0.4 is 5.73 Å². The molecule has 54 valence electrons. The van der Waals surface area contributed by atoms with Crippen molar-refractivity contribution in [1.29, 1.82) is 0 Å². The summed E-state index contributed by atoms with van der Waals surface area (Å²) in [6.45, 7) is 0. The van der Waals surface area contributed by atoms with Gasteiger partial charge in [-0.25, -0.2) is 9.97 Å². The van der Waals surface area contributed by atoms with Crippen LogP contribution in [0.3, 0.4) is 0 Å². The molecule has 11 heavy (non-hydrogen) atoms. The maximum absolute atomic E-state index is 5.55. The summed E-state index contributed by atoms with van der Waals surface area (Å²) in [6.07, 6.45) is 4.58. The molecule has 5 nitrogen and oxygen atoms in total. The van der Waals surface area contributed by atoms with Gasteiger partial charge in [0.15, 0.2) is 0 Å². The van der Waals surface area contributed by atoms with Crippen LogP contribution in [0.15, 0.2) is 18.6 Å². The minimum atomic E-state index is 0.479. The molecule has 0 aliphatic rings. The maximum atomic E-state index is 5.55. The largest absolute Gasteiger partial charge is 0.396 e. The molecule has 2 rings (SSSR count). The van der Waals surface area contributed by atoms with Crippen molar-refractivity contribution in [2.75, 3.05) is 5.73 Å². The molecule has 0 unspecified atom stereocenters. The molecule has 0 radical (unpaired) electrons. The molecule has 0 amide bonds. The van der Waals surface area contributed by atoms with Crippen LogP contribution in [-0.2, 0) is 0 Å². The lowest BCUT2D eigenvalue weighted by molar-refractivity contribution is 1.04. The fourth-order valence-electron chi connectivity index (χ4n) is 0.814. The third-order valence-corrected chi connectivity index (χ3v) is 1.30. The predicted molar refractivity (Wildman–Crippen MR) is 39.5 cm³/mol. The first-order valence-electron chi connectivity index (χ1n) is 3.06. The minimum absolute atomic E-state index is 0.479. The van der Waals surface area contributed by atoms with E-state index in [4.69, 9.17) is 5.73 Å². The molecule has 2 N–H and O–H groups in total. The summed E-state index contributed by atoms with van der Waals surface area (Å²) in [6, 6.07) is 0. The summed E-state index contributed by atoms with van der Waals surface area (Å²) < 4.78 is 0. The standard InChI is InChI=1S/C6H5N5/c7-4-3-10-11-6-5(4)8-1-2-9-6/h1-3H,(H2,7,9,11). The molecule has 2 aromatic rings. The first kappa shape index (κ1) is 5.96. The van der Waals surface area contributed by atoms with Crippen molar-refractivity contribution in [2.24, 2.45) is 0 Å². The Bertz CT molecular complexity index is 380. The van der Waals surface area contributed by atoms with Gasteiger partial charge in [0, 0.05) is 12.4 Å². The summed E-state index contributed by atoms with van der Waals surface area (Å²) >= 11 is 0. The Labute approximate surface area is 62.3 Å². The van der Waals surface area contributed by atoms with Gasteiger partial charge in [0.05, 0.1) is 11.9 Å². The number of nitrogens with two attached hydrogens (primary N) is 1. The number of aromatic nitrogens is 4. The number of hydrogen-bond donors (Lipinski definition) is 1. The first-order valence-corrected chi connectivity index (χ1v) is 3.06. The Kier molecular flexibility index (Phi) is 1.15. The highest BCUT2D eigenvalue weighted by atomic mass is 15.1. The Hall–Kier alpha value is -1.78. The Morgan fingerprint density at radius 3 is 2.82 bits per heavy atom. The van der Waals surface area contributed by atoms with Crippen LogP contribution in [0.4, 0.5) is 5.69 Å². The van der Waals surface area contributed by atoms with Crippen molar-refractivity contribution >= 4 is 16.9 Å². The molecule has 2 heterocycles. The average molecular weight is 147 g/mol. The van der Waals surface area contributed by atoms with Crippen LogP contribution in [0.2, 0.25) is 0 Å². The molecule has 0 atom stereocenters. The zero-order chi connectivity index (χ0) is 7.68. The monoisotopic (exact) mass is 147 g/mol. The quantitative estimate of drug-likeness (QED) is 0.567. The van der Waals surface area contributed by atoms with Gasteiger partial charge in [0.1, 0.15) is 5.52 Å². The fourth-order valence-corrected chi connectivity index (χ4v) is 0.814. The molecule has 0 aliphatic heterocycles. The van der Waals surface area contributed by atoms with Gasteiger partial charge in [-0.15, -0.1) is 5.10 Å². The van der Waals surface area contributed by atoms with E-state index in [0.717, 1.165) is 0 Å². The molecular formula is C6H5N5. The van der Waals surface area contributed by atoms with E-state index >= 15 is 0 Å². The molecule has 2 aromatic heterocycles. The second-order valence-electron chi connectivity index (χ2n) is 2.03. The third kappa shape index (κ3) is 0.861. The van der Waals surface area contributed by atoms with E-state index in [2.05, 4.69) is 20.2 Å². The maximum Gasteiger partial charge on any atom is 0.202 e. The average Bonchev–Trinajstić information content (AvgIpc) is 2.06. The highest BCUT2D eigenvalue weighted by Crippen LogP contribution is 2.09. The van der Waals surface area contributed by atoms with Gasteiger partial charge < -0.3 is 5.73 Å². The van der Waals surface area contributed by atoms with Crippen LogP contribution in [0, 0.1) is 0 Å². The normalized spacial score (nSPS) is 10.2. The SMILES string of the molecule is Nc1cnnc2nccnc12. The molecule has 0 bridgehead atoms. The van der Waals surface area contributed by atoms with E-state index in [0.29, 0.717) is 16.9 Å². The highest BCUT2D eigenvalue weighted by Gasteiger charge is 1.98. The number of hydrogen-bond acceptors (Lipinski definition) is 5. The lowest BCUT2D eigenvalue weighted by Gasteiger charge is -1.94. The number of rotatable bonds is 0. The van der Waals surface area contributed by atoms with E-state index in [1.807, 2.05) is 0 Å². The molecule has 0 aliphatic carbocycles. The molecule has 0 spiro atoms. The smallest absolute Gasteiger partial charge is 0.202 e. The second-order valence-corrected chi connectivity index (χ2v) is 2.03. The summed E-state index contributed by atoms with van der Waals surface area (Å²) in [5, 5.41) is 7.37. The lowest BCUT2D eigenvalue weighted by atomic mass is 10.4. The van der Waals surface area contributed by atoms with E-state index in [1.165, 1.54) is 6.20 Å². The Morgan fingerprint density at radius 2 is 2.00 bits per heavy atom. The predicted octanol–water partition coefficient (Wildman–Crippen LogP) is 0.00200. The van der Waals surface area contributed by atoms with E-state index in [1.54, 1.807) is 12.4 Å². The van der Waals surface area contributed by atoms with E-state index < -0.39 is 0 Å². The summed E-state index contributed by atoms with van der Waals surface area (Å²) in [5.74, 6) is 0. The van der Waals surface area contributed by atoms with Gasteiger partial charge in [-0.1, -0.05) is 0 Å². The van der Waals surface area contributed by atoms with Crippen molar-refractivity contribution in [3.63, 3.8) is 0 Å². The van der Waals surface area contributed by atoms with Crippen LogP contribution in [0.1, 0.15) is 0 Å². The summed E-state index contributed by atoms with van der Waals surface area (Å²) in [7, 11) is 0. The van der Waals surface area contributed by atoms with Crippen molar-refractivity contribution in [3.8, 4) is 0 Å². The molecule has 0 saturated carbocycles. The zero-order valence-electron chi connectivity index (χ0n) is 5.60. The topological polar surface area (TPSA) is 77.6 Å². The molecule has 0 aromatic carbocycles. The molecular weight excluding hydrogens is 142 g/mol. The third-order valence-electron chi connectivity index (χ3n) is 1.30. The summed E-state index contributed by atoms with van der Waals surface area (Å²) in [5.41, 5.74) is 7.13. The van der Waals surface area contributed by atoms with E-state index in [9.17, 15) is 0 Å². The fraction of sp³-hybridized carbons (Fsp3) is 0. The highest BCUT2D eigenvalue weighted by molar-refractivity contribution is 5.81. The van der Waals surface area contributed by atoms with Crippen molar-refractivity contribution < 1.29 is 0 Å². The van der Waals surface area contributed by atoms with Gasteiger partial charge >= 0.3 is 0 Å². The number of nitrogens with zero attached hydrogens (tertiary/aromatic N) is 4. The van der Waals surface area contributed by atoms with Crippen molar-refractivity contribution in [3.05, 3.63) is 18.6 Å². The Morgan fingerprint density at radius 1 is 1.18 bits per heavy atom. The zero-order valence-corrected chi connectivity index (χ0v) is 5.60. The van der Waals surface area contributed by atoms with Gasteiger partial charge in [-0.2, -0.15) is 5.10 Å². The summed E-state index contributed by atoms with van der Waals surface area (Å²) in [4.78, 5) is 7.92. The number of anilines is 1. The van der Waals surface area contributed by atoms with Crippen molar-refractivity contribution in [1.82, 2.24) is 20.2 Å². The van der Waals surface area contributed by atoms with Gasteiger partial charge in [-0.3, -0.25) is 0 Å². The first-order chi connectivity index (χ1) is 5.38. The van der Waals surface area contributed by atoms with Gasteiger partial charge in [0.2, 0.25) is 5.65 Å². The number of fused-ring (bicyclic) bond motifs is 1. The van der Waals surface area contributed by atoms with Crippen LogP contribution in [0.5, 0.6) is 0 Å². The minimum Gasteiger partial charge on any atom is -0.396 e. The molecule has 5 heteroatoms. The van der Waals surface area contributed by atoms with Crippen LogP contribution in [-0.4, -0.2) is 20.2 Å². The van der Waals surface area contributed by atoms with Gasteiger partial charge in [-0.05, 0) is 0 Å². The Balaban J connectivity index is 2.91. The van der Waals surface area contributed by atoms with Crippen LogP contribution >= 0.6 is 0 Å².